The summed E-state index contributed by atoms with van der Waals surface area (Å²) in [5.74, 6) is 1.17. The molecule has 3 heteroatoms. The molecule has 1 N–H and O–H groups in total. The molecule has 0 aliphatic heterocycles. The Labute approximate surface area is 214 Å². The highest BCUT2D eigenvalue weighted by Gasteiger charge is 2.31. The fraction of sp³-hybridized carbons (Fsp3) is 0.594. The van der Waals surface area contributed by atoms with Crippen LogP contribution in [0.5, 0.6) is 0 Å². The second-order valence-electron chi connectivity index (χ2n) is 11.7. The molecule has 0 heterocycles. The molecule has 0 radical (unpaired) electrons. The molecule has 0 aromatic rings. The molecule has 3 rings (SSSR count). The van der Waals surface area contributed by atoms with E-state index in [4.69, 9.17) is 4.84 Å². The number of rotatable bonds is 9. The lowest BCUT2D eigenvalue weighted by atomic mass is 9.76. The van der Waals surface area contributed by atoms with Gasteiger partial charge in [-0.05, 0) is 97.5 Å². The fourth-order valence-corrected chi connectivity index (χ4v) is 5.66. The number of aliphatic hydroxyl groups excluding tert-OH is 1. The minimum absolute atomic E-state index is 0.0124. The van der Waals surface area contributed by atoms with E-state index in [0.717, 1.165) is 57.1 Å². The van der Waals surface area contributed by atoms with Crippen molar-refractivity contribution in [1.82, 2.24) is 0 Å². The molecular formula is C32H47NO2. The van der Waals surface area contributed by atoms with Gasteiger partial charge in [-0.3, -0.25) is 0 Å². The lowest BCUT2D eigenvalue weighted by molar-refractivity contribution is 0.158. The van der Waals surface area contributed by atoms with E-state index in [0.29, 0.717) is 18.4 Å². The monoisotopic (exact) mass is 477 g/mol. The highest BCUT2D eigenvalue weighted by atomic mass is 16.6. The van der Waals surface area contributed by atoms with Crippen LogP contribution in [-0.4, -0.2) is 23.5 Å². The number of hydrogen-bond acceptors (Lipinski definition) is 3. The second kappa shape index (κ2) is 12.2. The molecule has 3 atom stereocenters. The van der Waals surface area contributed by atoms with Crippen LogP contribution in [0.3, 0.4) is 0 Å². The molecule has 0 bridgehead atoms. The van der Waals surface area contributed by atoms with Gasteiger partial charge in [0, 0.05) is 5.41 Å². The first-order chi connectivity index (χ1) is 16.6. The van der Waals surface area contributed by atoms with Crippen LogP contribution >= 0.6 is 0 Å². The standard InChI is InChI=1S/C32H47NO2/c1-8-20-35-33-30(32(5,6)7)11-9-10-23(3)28-18-19-29-25(14-12-24(4)31(28)29)15-16-26-21-27(34)17-13-22(26)2/h8,15-16,18,23-24,27,34H,1-2,9-14,17,19-21H2,3-7H3/t23?,24-,27?/m1/s1. The van der Waals surface area contributed by atoms with Crippen LogP contribution in [0.1, 0.15) is 92.4 Å². The zero-order valence-corrected chi connectivity index (χ0v) is 22.8. The molecule has 192 valence electrons. The molecule has 0 amide bonds. The normalized spacial score (nSPS) is 26.7. The lowest BCUT2D eigenvalue weighted by Crippen LogP contribution is -2.21. The summed E-state index contributed by atoms with van der Waals surface area (Å²) in [5.41, 5.74) is 9.78. The van der Waals surface area contributed by atoms with Gasteiger partial charge in [0.1, 0.15) is 6.61 Å². The molecule has 3 aliphatic carbocycles. The van der Waals surface area contributed by atoms with Crippen LogP contribution in [0, 0.1) is 17.3 Å². The largest absolute Gasteiger partial charge is 0.393 e. The van der Waals surface area contributed by atoms with Gasteiger partial charge < -0.3 is 9.94 Å². The zero-order chi connectivity index (χ0) is 25.6. The molecule has 2 unspecified atom stereocenters. The molecule has 0 aromatic carbocycles. The van der Waals surface area contributed by atoms with Crippen molar-refractivity contribution in [2.75, 3.05) is 6.61 Å². The van der Waals surface area contributed by atoms with Crippen molar-refractivity contribution in [1.29, 1.82) is 0 Å². The van der Waals surface area contributed by atoms with Gasteiger partial charge in [-0.1, -0.05) is 82.8 Å². The molecule has 3 nitrogen and oxygen atoms in total. The predicted octanol–water partition coefficient (Wildman–Crippen LogP) is 8.41. The van der Waals surface area contributed by atoms with Crippen LogP contribution in [-0.2, 0) is 4.84 Å². The molecule has 0 spiro atoms. The summed E-state index contributed by atoms with van der Waals surface area (Å²) >= 11 is 0. The third-order valence-electron chi connectivity index (χ3n) is 7.88. The van der Waals surface area contributed by atoms with E-state index >= 15 is 0 Å². The molecule has 0 aromatic heterocycles. The smallest absolute Gasteiger partial charge is 0.135 e. The van der Waals surface area contributed by atoms with Crippen LogP contribution in [0.25, 0.3) is 0 Å². The average Bonchev–Trinajstić information content (AvgIpc) is 3.25. The molecular weight excluding hydrogens is 430 g/mol. The average molecular weight is 478 g/mol. The van der Waals surface area contributed by atoms with Gasteiger partial charge >= 0.3 is 0 Å². The second-order valence-corrected chi connectivity index (χ2v) is 11.7. The fourth-order valence-electron chi connectivity index (χ4n) is 5.66. The van der Waals surface area contributed by atoms with E-state index in [1.165, 1.54) is 23.1 Å². The van der Waals surface area contributed by atoms with E-state index in [-0.39, 0.29) is 11.5 Å². The lowest BCUT2D eigenvalue weighted by Gasteiger charge is -2.29. The van der Waals surface area contributed by atoms with Crippen molar-refractivity contribution >= 4 is 5.71 Å². The predicted molar refractivity (Wildman–Crippen MR) is 149 cm³/mol. The maximum Gasteiger partial charge on any atom is 0.135 e. The van der Waals surface area contributed by atoms with Gasteiger partial charge in [0.25, 0.3) is 0 Å². The molecule has 35 heavy (non-hydrogen) atoms. The first-order valence-electron chi connectivity index (χ1n) is 13.6. The summed E-state index contributed by atoms with van der Waals surface area (Å²) in [6.45, 7) is 19.8. The topological polar surface area (TPSA) is 41.8 Å². The van der Waals surface area contributed by atoms with Crippen LogP contribution in [0.4, 0.5) is 0 Å². The van der Waals surface area contributed by atoms with Gasteiger partial charge in [-0.2, -0.15) is 0 Å². The maximum atomic E-state index is 10.1. The van der Waals surface area contributed by atoms with Crippen molar-refractivity contribution < 1.29 is 9.94 Å². The summed E-state index contributed by atoms with van der Waals surface area (Å²) < 4.78 is 0. The van der Waals surface area contributed by atoms with E-state index in [1.54, 1.807) is 22.8 Å². The number of aliphatic hydroxyl groups is 1. The van der Waals surface area contributed by atoms with Crippen LogP contribution in [0.2, 0.25) is 0 Å². The Morgan fingerprint density at radius 2 is 1.97 bits per heavy atom. The third-order valence-corrected chi connectivity index (χ3v) is 7.88. The first-order valence-corrected chi connectivity index (χ1v) is 13.6. The summed E-state index contributed by atoms with van der Waals surface area (Å²) in [6, 6.07) is 0. The summed E-state index contributed by atoms with van der Waals surface area (Å²) in [6.07, 6.45) is 17.7. The number of oxime groups is 1. The summed E-state index contributed by atoms with van der Waals surface area (Å²) in [5, 5.41) is 14.5. The Morgan fingerprint density at radius 3 is 2.69 bits per heavy atom. The van der Waals surface area contributed by atoms with E-state index in [9.17, 15) is 5.11 Å². The van der Waals surface area contributed by atoms with Gasteiger partial charge in [-0.25, -0.2) is 0 Å². The van der Waals surface area contributed by atoms with Gasteiger partial charge in [-0.15, -0.1) is 0 Å². The summed E-state index contributed by atoms with van der Waals surface area (Å²) in [7, 11) is 0. The first kappa shape index (κ1) is 27.5. The third kappa shape index (κ3) is 7.19. The van der Waals surface area contributed by atoms with Gasteiger partial charge in [0.15, 0.2) is 0 Å². The van der Waals surface area contributed by atoms with Gasteiger partial charge in [0.2, 0.25) is 0 Å². The van der Waals surface area contributed by atoms with Crippen molar-refractivity contribution in [2.24, 2.45) is 22.4 Å². The van der Waals surface area contributed by atoms with Crippen molar-refractivity contribution in [3.8, 4) is 0 Å². The van der Waals surface area contributed by atoms with Crippen molar-refractivity contribution in [3.63, 3.8) is 0 Å². The summed E-state index contributed by atoms with van der Waals surface area (Å²) in [4.78, 5) is 5.43. The molecule has 1 fully saturated rings. The van der Waals surface area contributed by atoms with Crippen LogP contribution < -0.4 is 0 Å². The number of allylic oxidation sites excluding steroid dienone is 8. The minimum Gasteiger partial charge on any atom is -0.393 e. The SMILES string of the molecule is C=CCON=C(CCCC(C)C1=CCC2=C1[C@H](C)CCC2=CC=C1CC(O)CCC1=C)C(C)(C)C. The van der Waals surface area contributed by atoms with E-state index in [2.05, 4.69) is 71.2 Å². The van der Waals surface area contributed by atoms with E-state index < -0.39 is 0 Å². The Kier molecular flexibility index (Phi) is 9.58. The Bertz CT molecular complexity index is 951. The Morgan fingerprint density at radius 1 is 1.23 bits per heavy atom. The Balaban J connectivity index is 1.68. The number of hydrogen-bond donors (Lipinski definition) is 1. The quantitative estimate of drug-likeness (QED) is 0.157. The van der Waals surface area contributed by atoms with Crippen LogP contribution in [0.15, 0.2) is 76.1 Å². The zero-order valence-electron chi connectivity index (χ0n) is 22.8. The highest BCUT2D eigenvalue weighted by molar-refractivity contribution is 5.88. The molecule has 0 saturated heterocycles. The highest BCUT2D eigenvalue weighted by Crippen LogP contribution is 2.46. The maximum absolute atomic E-state index is 10.1. The number of nitrogens with zero attached hydrogens (tertiary/aromatic N) is 1. The molecule has 1 saturated carbocycles. The molecule has 3 aliphatic rings. The van der Waals surface area contributed by atoms with Crippen molar-refractivity contribution in [2.45, 2.75) is 98.5 Å². The van der Waals surface area contributed by atoms with E-state index in [1.807, 2.05) is 0 Å². The van der Waals surface area contributed by atoms with Gasteiger partial charge in [0.05, 0.1) is 11.8 Å². The Hall–Kier alpha value is -2.13. The van der Waals surface area contributed by atoms with Crippen molar-refractivity contribution in [3.05, 3.63) is 70.9 Å². The minimum atomic E-state index is -0.218.